The first-order valence-electron chi connectivity index (χ1n) is 6.21. The quantitative estimate of drug-likeness (QED) is 0.877. The molecule has 1 rings (SSSR count). The topological polar surface area (TPSA) is 38.5 Å². The van der Waals surface area contributed by atoms with Crippen LogP contribution < -0.4 is 10.5 Å². The molecule has 1 aromatic carbocycles. The van der Waals surface area contributed by atoms with Crippen molar-refractivity contribution < 1.29 is 9.13 Å². The molecule has 0 saturated heterocycles. The van der Waals surface area contributed by atoms with Crippen LogP contribution in [-0.4, -0.2) is 31.1 Å². The lowest BCUT2D eigenvalue weighted by molar-refractivity contribution is 0.229. The minimum Gasteiger partial charge on any atom is -0.488 e. The van der Waals surface area contributed by atoms with Crippen LogP contribution in [-0.2, 0) is 0 Å². The van der Waals surface area contributed by atoms with Gasteiger partial charge in [-0.25, -0.2) is 4.39 Å². The van der Waals surface area contributed by atoms with Crippen LogP contribution in [0.2, 0.25) is 0 Å². The van der Waals surface area contributed by atoms with E-state index in [4.69, 9.17) is 10.5 Å². The molecular formula is C14H23FN2O. The Kier molecular flexibility index (Phi) is 5.11. The number of halogens is 1. The van der Waals surface area contributed by atoms with Gasteiger partial charge in [0.1, 0.15) is 0 Å². The molecule has 0 radical (unpaired) electrons. The molecule has 3 nitrogen and oxygen atoms in total. The minimum atomic E-state index is -0.339. The normalized spacial score (nSPS) is 14.9. The highest BCUT2D eigenvalue weighted by Crippen LogP contribution is 2.26. The lowest BCUT2D eigenvalue weighted by Crippen LogP contribution is -2.35. The Morgan fingerprint density at radius 2 is 1.83 bits per heavy atom. The van der Waals surface area contributed by atoms with Gasteiger partial charge in [0.2, 0.25) is 0 Å². The molecule has 0 aromatic heterocycles. The fourth-order valence-corrected chi connectivity index (χ4v) is 2.12. The Morgan fingerprint density at radius 1 is 1.22 bits per heavy atom. The third-order valence-electron chi connectivity index (χ3n) is 2.71. The number of rotatable bonds is 5. The van der Waals surface area contributed by atoms with Gasteiger partial charge in [0.05, 0.1) is 6.10 Å². The SMILES string of the molecule is CC(C)Oc1ccc(C(C(C)N)N(C)C)cc1F. The molecular weight excluding hydrogens is 231 g/mol. The van der Waals surface area contributed by atoms with Gasteiger partial charge in [0.25, 0.3) is 0 Å². The average molecular weight is 254 g/mol. The summed E-state index contributed by atoms with van der Waals surface area (Å²) in [4.78, 5) is 1.99. The Balaban J connectivity index is 3.02. The monoisotopic (exact) mass is 254 g/mol. The van der Waals surface area contributed by atoms with Crippen molar-refractivity contribution in [2.75, 3.05) is 14.1 Å². The first kappa shape index (κ1) is 14.9. The van der Waals surface area contributed by atoms with Gasteiger partial charge in [0.15, 0.2) is 11.6 Å². The molecule has 4 heteroatoms. The number of likely N-dealkylation sites (N-methyl/N-ethyl adjacent to an activating group) is 1. The van der Waals surface area contributed by atoms with Gasteiger partial charge in [-0.05, 0) is 52.6 Å². The summed E-state index contributed by atoms with van der Waals surface area (Å²) in [5, 5.41) is 0. The number of hydrogen-bond donors (Lipinski definition) is 1. The zero-order valence-electron chi connectivity index (χ0n) is 11.8. The van der Waals surface area contributed by atoms with Crippen molar-refractivity contribution >= 4 is 0 Å². The number of nitrogens with zero attached hydrogens (tertiary/aromatic N) is 1. The van der Waals surface area contributed by atoms with E-state index in [1.165, 1.54) is 6.07 Å². The van der Waals surface area contributed by atoms with E-state index < -0.39 is 0 Å². The molecule has 0 spiro atoms. The van der Waals surface area contributed by atoms with Crippen molar-refractivity contribution in [1.29, 1.82) is 0 Å². The maximum absolute atomic E-state index is 13.9. The summed E-state index contributed by atoms with van der Waals surface area (Å²) in [6.07, 6.45) is -0.0385. The highest BCUT2D eigenvalue weighted by Gasteiger charge is 2.20. The minimum absolute atomic E-state index is 0.00685. The van der Waals surface area contributed by atoms with Crippen LogP contribution in [0.3, 0.4) is 0 Å². The van der Waals surface area contributed by atoms with Gasteiger partial charge in [-0.1, -0.05) is 6.07 Å². The third-order valence-corrected chi connectivity index (χ3v) is 2.71. The van der Waals surface area contributed by atoms with Gasteiger partial charge >= 0.3 is 0 Å². The molecule has 0 aliphatic heterocycles. The second-order valence-electron chi connectivity index (χ2n) is 5.12. The third kappa shape index (κ3) is 3.68. The van der Waals surface area contributed by atoms with Crippen molar-refractivity contribution in [3.05, 3.63) is 29.6 Å². The van der Waals surface area contributed by atoms with Gasteiger partial charge in [0, 0.05) is 12.1 Å². The summed E-state index contributed by atoms with van der Waals surface area (Å²) in [5.41, 5.74) is 6.81. The molecule has 2 unspecified atom stereocenters. The first-order valence-corrected chi connectivity index (χ1v) is 6.21. The molecule has 0 amide bonds. The number of ether oxygens (including phenoxy) is 1. The van der Waals surface area contributed by atoms with E-state index in [-0.39, 0.29) is 29.8 Å². The van der Waals surface area contributed by atoms with Crippen LogP contribution in [0.4, 0.5) is 4.39 Å². The van der Waals surface area contributed by atoms with E-state index in [0.29, 0.717) is 0 Å². The molecule has 2 N–H and O–H groups in total. The second-order valence-corrected chi connectivity index (χ2v) is 5.12. The summed E-state index contributed by atoms with van der Waals surface area (Å²) >= 11 is 0. The summed E-state index contributed by atoms with van der Waals surface area (Å²) < 4.78 is 19.3. The number of nitrogens with two attached hydrogens (primary N) is 1. The number of hydrogen-bond acceptors (Lipinski definition) is 3. The van der Waals surface area contributed by atoms with E-state index in [1.54, 1.807) is 6.07 Å². The average Bonchev–Trinajstić information content (AvgIpc) is 2.20. The Bertz CT molecular complexity index is 383. The van der Waals surface area contributed by atoms with E-state index in [1.807, 2.05) is 45.8 Å². The Labute approximate surface area is 109 Å². The molecule has 102 valence electrons. The van der Waals surface area contributed by atoms with Crippen molar-refractivity contribution in [3.63, 3.8) is 0 Å². The lowest BCUT2D eigenvalue weighted by atomic mass is 10.00. The van der Waals surface area contributed by atoms with Crippen LogP contribution in [0, 0.1) is 5.82 Å². The highest BCUT2D eigenvalue weighted by molar-refractivity contribution is 5.31. The fraction of sp³-hybridized carbons (Fsp3) is 0.571. The largest absolute Gasteiger partial charge is 0.488 e. The predicted octanol–water partition coefficient (Wildman–Crippen LogP) is 2.56. The summed E-state index contributed by atoms with van der Waals surface area (Å²) in [6, 6.07) is 4.97. The van der Waals surface area contributed by atoms with E-state index in [0.717, 1.165) is 5.56 Å². The summed E-state index contributed by atoms with van der Waals surface area (Å²) in [5.74, 6) is -0.0513. The molecule has 0 heterocycles. The van der Waals surface area contributed by atoms with Crippen molar-refractivity contribution in [3.8, 4) is 5.75 Å². The number of benzene rings is 1. The van der Waals surface area contributed by atoms with Crippen LogP contribution in [0.15, 0.2) is 18.2 Å². The standard InChI is InChI=1S/C14H23FN2O/c1-9(2)18-13-7-6-11(8-12(13)15)14(10(3)16)17(4)5/h6-10,14H,16H2,1-5H3. The van der Waals surface area contributed by atoms with Crippen LogP contribution in [0.5, 0.6) is 5.75 Å². The summed E-state index contributed by atoms with van der Waals surface area (Å²) in [6.45, 7) is 5.66. The molecule has 0 aliphatic rings. The van der Waals surface area contributed by atoms with Crippen molar-refractivity contribution in [2.24, 2.45) is 5.73 Å². The van der Waals surface area contributed by atoms with Gasteiger partial charge in [-0.3, -0.25) is 0 Å². The van der Waals surface area contributed by atoms with Crippen LogP contribution in [0.25, 0.3) is 0 Å². The first-order chi connectivity index (χ1) is 8.32. The Morgan fingerprint density at radius 3 is 2.22 bits per heavy atom. The fourth-order valence-electron chi connectivity index (χ4n) is 2.12. The molecule has 2 atom stereocenters. The molecule has 0 fully saturated rings. The maximum atomic E-state index is 13.9. The Hall–Kier alpha value is -1.13. The lowest BCUT2D eigenvalue weighted by Gasteiger charge is -2.28. The van der Waals surface area contributed by atoms with Gasteiger partial charge in [-0.2, -0.15) is 0 Å². The molecule has 18 heavy (non-hydrogen) atoms. The zero-order chi connectivity index (χ0) is 13.9. The van der Waals surface area contributed by atoms with Crippen molar-refractivity contribution in [2.45, 2.75) is 39.0 Å². The molecule has 1 aromatic rings. The second kappa shape index (κ2) is 6.16. The smallest absolute Gasteiger partial charge is 0.165 e. The van der Waals surface area contributed by atoms with Crippen molar-refractivity contribution in [1.82, 2.24) is 4.90 Å². The zero-order valence-corrected chi connectivity index (χ0v) is 11.8. The van der Waals surface area contributed by atoms with E-state index in [9.17, 15) is 4.39 Å². The highest BCUT2D eigenvalue weighted by atomic mass is 19.1. The van der Waals surface area contributed by atoms with Crippen LogP contribution >= 0.6 is 0 Å². The van der Waals surface area contributed by atoms with Gasteiger partial charge in [-0.15, -0.1) is 0 Å². The molecule has 0 aliphatic carbocycles. The van der Waals surface area contributed by atoms with E-state index >= 15 is 0 Å². The maximum Gasteiger partial charge on any atom is 0.165 e. The van der Waals surface area contributed by atoms with Gasteiger partial charge < -0.3 is 15.4 Å². The summed E-state index contributed by atoms with van der Waals surface area (Å²) in [7, 11) is 3.87. The van der Waals surface area contributed by atoms with E-state index in [2.05, 4.69) is 0 Å². The van der Waals surface area contributed by atoms with Crippen LogP contribution in [0.1, 0.15) is 32.4 Å². The molecule has 0 saturated carbocycles. The predicted molar refractivity (Wildman–Crippen MR) is 72.2 cm³/mol. The molecule has 0 bridgehead atoms.